The number of anilines is 2. The number of alkyl halides is 3. The van der Waals surface area contributed by atoms with Crippen LogP contribution in [-0.2, 0) is 15.8 Å². The van der Waals surface area contributed by atoms with Gasteiger partial charge in [0, 0.05) is 36.0 Å². The Balaban J connectivity index is 1.50. The number of amides is 3. The Bertz CT molecular complexity index is 1870. The fourth-order valence-electron chi connectivity index (χ4n) is 5.89. The number of benzene rings is 3. The lowest BCUT2D eigenvalue weighted by molar-refractivity contribution is -0.137. The van der Waals surface area contributed by atoms with Crippen LogP contribution < -0.4 is 15.1 Å². The number of allylic oxidation sites excluding steroid dienone is 1. The SMILES string of the molecule is CCN1C(=O)[C@@](S)(NC(=O)c2cccc(C(F)(F)F)c2)[C@@H](c2cccc(N(C)C(=O)C3=CCC3)c2)c2cnn(-c3ccccc3)c21. The molecule has 0 spiro atoms. The van der Waals surface area contributed by atoms with Crippen LogP contribution in [0.15, 0.2) is 96.7 Å². The van der Waals surface area contributed by atoms with Gasteiger partial charge < -0.3 is 10.2 Å². The highest BCUT2D eigenvalue weighted by Crippen LogP contribution is 2.48. The molecular weight excluding hydrogens is 615 g/mol. The molecule has 6 rings (SSSR count). The van der Waals surface area contributed by atoms with Gasteiger partial charge in [-0.2, -0.15) is 18.3 Å². The zero-order valence-corrected chi connectivity index (χ0v) is 25.8. The van der Waals surface area contributed by atoms with Gasteiger partial charge in [0.15, 0.2) is 4.87 Å². The first-order valence-electron chi connectivity index (χ1n) is 14.7. The second-order valence-electron chi connectivity index (χ2n) is 11.2. The highest BCUT2D eigenvalue weighted by atomic mass is 32.1. The number of rotatable bonds is 7. The quantitative estimate of drug-likeness (QED) is 0.187. The molecule has 3 amide bonds. The maximum Gasteiger partial charge on any atom is 0.416 e. The van der Waals surface area contributed by atoms with Crippen molar-refractivity contribution < 1.29 is 27.6 Å². The minimum absolute atomic E-state index is 0.146. The van der Waals surface area contributed by atoms with E-state index in [1.165, 1.54) is 15.9 Å². The Morgan fingerprint density at radius 2 is 1.78 bits per heavy atom. The summed E-state index contributed by atoms with van der Waals surface area (Å²) in [7, 11) is 1.66. The van der Waals surface area contributed by atoms with E-state index in [1.54, 1.807) is 49.1 Å². The molecule has 4 aromatic rings. The van der Waals surface area contributed by atoms with E-state index in [9.17, 15) is 27.6 Å². The number of halogens is 3. The van der Waals surface area contributed by atoms with E-state index >= 15 is 0 Å². The van der Waals surface area contributed by atoms with Crippen LogP contribution in [0.5, 0.6) is 0 Å². The molecule has 0 saturated carbocycles. The number of likely N-dealkylation sites (N-methyl/N-ethyl adjacent to an activating group) is 2. The topological polar surface area (TPSA) is 87.5 Å². The molecule has 8 nitrogen and oxygen atoms in total. The van der Waals surface area contributed by atoms with Gasteiger partial charge in [-0.05, 0) is 67.8 Å². The van der Waals surface area contributed by atoms with E-state index in [1.807, 2.05) is 36.4 Å². The van der Waals surface area contributed by atoms with Crippen molar-refractivity contribution in [2.75, 3.05) is 23.4 Å². The average molecular weight is 646 g/mol. The zero-order valence-electron chi connectivity index (χ0n) is 25.0. The van der Waals surface area contributed by atoms with Crippen LogP contribution in [0.2, 0.25) is 0 Å². The van der Waals surface area contributed by atoms with E-state index in [0.29, 0.717) is 40.3 Å². The molecule has 1 aromatic heterocycles. The first kappa shape index (κ1) is 31.2. The van der Waals surface area contributed by atoms with Crippen LogP contribution in [-0.4, -0.2) is 46.0 Å². The van der Waals surface area contributed by atoms with Crippen LogP contribution in [0.25, 0.3) is 5.69 Å². The highest BCUT2D eigenvalue weighted by Gasteiger charge is 2.54. The summed E-state index contributed by atoms with van der Waals surface area (Å²) in [6, 6.07) is 20.2. The fourth-order valence-corrected chi connectivity index (χ4v) is 6.40. The van der Waals surface area contributed by atoms with Gasteiger partial charge >= 0.3 is 6.18 Å². The standard InChI is InChI=1S/C34H30F3N5O3S/c1-3-41-30-27(20-38-42(30)25-15-5-4-6-16-25)28(22-12-9-17-26(19-22)40(2)31(44)21-10-7-11-21)33(46,32(41)45)39-29(43)23-13-8-14-24(18-23)34(35,36)37/h4-6,8-10,12-20,28,46H,3,7,11H2,1-2H3,(H,39,43)/t28-,33+/m0/s1. The average Bonchev–Trinajstić information content (AvgIpc) is 3.44. The number of nitrogens with one attached hydrogen (secondary N) is 1. The van der Waals surface area contributed by atoms with Gasteiger partial charge in [-0.1, -0.05) is 42.5 Å². The molecule has 3 aromatic carbocycles. The summed E-state index contributed by atoms with van der Waals surface area (Å²) in [6.07, 6.45) is 0.348. The Kier molecular flexibility index (Phi) is 8.01. The van der Waals surface area contributed by atoms with E-state index in [4.69, 9.17) is 12.6 Å². The molecule has 1 aliphatic carbocycles. The second-order valence-corrected chi connectivity index (χ2v) is 11.9. The Morgan fingerprint density at radius 1 is 1.07 bits per heavy atom. The molecule has 0 unspecified atom stereocenters. The molecule has 0 saturated heterocycles. The van der Waals surface area contributed by atoms with Crippen molar-refractivity contribution >= 4 is 41.9 Å². The van der Waals surface area contributed by atoms with Gasteiger partial charge in [-0.15, -0.1) is 12.6 Å². The van der Waals surface area contributed by atoms with Crippen LogP contribution >= 0.6 is 12.6 Å². The highest BCUT2D eigenvalue weighted by molar-refractivity contribution is 7.82. The van der Waals surface area contributed by atoms with E-state index < -0.39 is 34.3 Å². The minimum Gasteiger partial charge on any atom is -0.329 e. The fraction of sp³-hybridized carbons (Fsp3) is 0.235. The molecule has 0 bridgehead atoms. The lowest BCUT2D eigenvalue weighted by Gasteiger charge is -2.44. The van der Waals surface area contributed by atoms with Gasteiger partial charge in [0.2, 0.25) is 0 Å². The number of hydrogen-bond acceptors (Lipinski definition) is 5. The first-order chi connectivity index (χ1) is 21.9. The van der Waals surface area contributed by atoms with Gasteiger partial charge in [0.1, 0.15) is 5.82 Å². The molecule has 236 valence electrons. The normalized spacial score (nSPS) is 19.2. The molecule has 46 heavy (non-hydrogen) atoms. The summed E-state index contributed by atoms with van der Waals surface area (Å²) in [4.78, 5) is 42.2. The monoisotopic (exact) mass is 645 g/mol. The summed E-state index contributed by atoms with van der Waals surface area (Å²) in [5, 5.41) is 7.32. The summed E-state index contributed by atoms with van der Waals surface area (Å²) >= 11 is 4.87. The van der Waals surface area contributed by atoms with Crippen molar-refractivity contribution in [1.82, 2.24) is 15.1 Å². The molecule has 2 aliphatic rings. The Labute approximate surface area is 268 Å². The maximum atomic E-state index is 14.5. The first-order valence-corrected chi connectivity index (χ1v) is 15.1. The molecule has 2 heterocycles. The van der Waals surface area contributed by atoms with Crippen molar-refractivity contribution in [1.29, 1.82) is 0 Å². The molecule has 0 radical (unpaired) electrons. The molecule has 1 aliphatic heterocycles. The minimum atomic E-state index is -4.67. The van der Waals surface area contributed by atoms with Gasteiger partial charge in [-0.3, -0.25) is 19.3 Å². The summed E-state index contributed by atoms with van der Waals surface area (Å²) < 4.78 is 42.1. The van der Waals surface area contributed by atoms with Crippen molar-refractivity contribution in [3.05, 3.63) is 119 Å². The zero-order chi connectivity index (χ0) is 32.8. The molecule has 0 fully saturated rings. The van der Waals surface area contributed by atoms with Crippen molar-refractivity contribution in [2.45, 2.75) is 36.7 Å². The smallest absolute Gasteiger partial charge is 0.329 e. The van der Waals surface area contributed by atoms with Crippen LogP contribution in [0, 0.1) is 0 Å². The molecule has 2 atom stereocenters. The van der Waals surface area contributed by atoms with Gasteiger partial charge in [0.25, 0.3) is 17.7 Å². The molecule has 1 N–H and O–H groups in total. The van der Waals surface area contributed by atoms with Crippen LogP contribution in [0.4, 0.5) is 24.7 Å². The Hall–Kier alpha value is -4.84. The predicted octanol–water partition coefficient (Wildman–Crippen LogP) is 6.13. The third-order valence-electron chi connectivity index (χ3n) is 8.37. The number of nitrogens with zero attached hydrogens (tertiary/aromatic N) is 4. The van der Waals surface area contributed by atoms with Gasteiger partial charge in [-0.25, -0.2) is 4.68 Å². The number of thiol groups is 1. The van der Waals surface area contributed by atoms with E-state index in [2.05, 4.69) is 10.4 Å². The Morgan fingerprint density at radius 3 is 2.43 bits per heavy atom. The van der Waals surface area contributed by atoms with Crippen molar-refractivity contribution in [3.63, 3.8) is 0 Å². The van der Waals surface area contributed by atoms with Gasteiger partial charge in [0.05, 0.1) is 23.4 Å². The largest absolute Gasteiger partial charge is 0.416 e. The second kappa shape index (κ2) is 11.8. The van der Waals surface area contributed by atoms with Crippen molar-refractivity contribution in [2.24, 2.45) is 0 Å². The summed E-state index contributed by atoms with van der Waals surface area (Å²) in [5.74, 6) is -2.14. The third-order valence-corrected chi connectivity index (χ3v) is 8.94. The lowest BCUT2D eigenvalue weighted by Crippen LogP contribution is -2.62. The lowest BCUT2D eigenvalue weighted by atomic mass is 9.81. The number of para-hydroxylation sites is 1. The van der Waals surface area contributed by atoms with Crippen LogP contribution in [0.3, 0.4) is 0 Å². The number of fused-ring (bicyclic) bond motifs is 1. The number of carbonyl (C=O) groups is 3. The van der Waals surface area contributed by atoms with Crippen molar-refractivity contribution in [3.8, 4) is 5.69 Å². The third kappa shape index (κ3) is 5.36. The number of aromatic nitrogens is 2. The molecular formula is C34H30F3N5O3S. The van der Waals surface area contributed by atoms with Crippen LogP contribution in [0.1, 0.15) is 52.7 Å². The van der Waals surface area contributed by atoms with E-state index in [-0.39, 0.29) is 18.0 Å². The number of carbonyl (C=O) groups excluding carboxylic acids is 3. The van der Waals surface area contributed by atoms with E-state index in [0.717, 1.165) is 24.6 Å². The summed E-state index contributed by atoms with van der Waals surface area (Å²) in [6.45, 7) is 1.95. The molecule has 12 heteroatoms. The predicted molar refractivity (Wildman–Crippen MR) is 171 cm³/mol. The summed E-state index contributed by atoms with van der Waals surface area (Å²) in [5.41, 5.74) is 1.77. The number of hydrogen-bond donors (Lipinski definition) is 2. The maximum absolute atomic E-state index is 14.5.